The summed E-state index contributed by atoms with van der Waals surface area (Å²) in [6.45, 7) is 5.37. The molecule has 0 spiro atoms. The highest BCUT2D eigenvalue weighted by Crippen LogP contribution is 2.23. The highest BCUT2D eigenvalue weighted by Gasteiger charge is 2.21. The van der Waals surface area contributed by atoms with E-state index >= 15 is 0 Å². The lowest BCUT2D eigenvalue weighted by Gasteiger charge is -2.16. The molecule has 1 aliphatic rings. The lowest BCUT2D eigenvalue weighted by Crippen LogP contribution is -2.21. The molecule has 2 N–H and O–H groups in total. The predicted octanol–water partition coefficient (Wildman–Crippen LogP) is 2.55. The molecule has 0 amide bonds. The van der Waals surface area contributed by atoms with Crippen molar-refractivity contribution in [3.63, 3.8) is 0 Å². The van der Waals surface area contributed by atoms with Crippen molar-refractivity contribution in [1.29, 1.82) is 0 Å². The van der Waals surface area contributed by atoms with Gasteiger partial charge < -0.3 is 5.73 Å². The first kappa shape index (κ1) is 11.7. The molecule has 4 heteroatoms. The van der Waals surface area contributed by atoms with Gasteiger partial charge in [-0.05, 0) is 31.0 Å². The molecule has 88 valence electrons. The van der Waals surface area contributed by atoms with E-state index < -0.39 is 0 Å². The van der Waals surface area contributed by atoms with Gasteiger partial charge in [0.25, 0.3) is 0 Å². The molecule has 1 saturated heterocycles. The number of anilines is 1. The van der Waals surface area contributed by atoms with Gasteiger partial charge >= 0.3 is 0 Å². The molecule has 3 nitrogen and oxygen atoms in total. The second-order valence-corrected chi connectivity index (χ2v) is 4.87. The van der Waals surface area contributed by atoms with Crippen LogP contribution in [0.4, 0.5) is 5.82 Å². The third kappa shape index (κ3) is 2.66. The van der Waals surface area contributed by atoms with Crippen molar-refractivity contribution in [2.24, 2.45) is 5.92 Å². The van der Waals surface area contributed by atoms with E-state index in [2.05, 4.69) is 16.8 Å². The number of rotatable bonds is 3. The molecular weight excluding hydrogens is 222 g/mol. The predicted molar refractivity (Wildman–Crippen MR) is 67.3 cm³/mol. The first-order chi connectivity index (χ1) is 7.69. The van der Waals surface area contributed by atoms with Crippen LogP contribution in [0.5, 0.6) is 0 Å². The van der Waals surface area contributed by atoms with Crippen molar-refractivity contribution in [2.45, 2.75) is 26.3 Å². The van der Waals surface area contributed by atoms with Crippen LogP contribution in [0.25, 0.3) is 0 Å². The summed E-state index contributed by atoms with van der Waals surface area (Å²) in [5.74, 6) is 1.38. The number of nitrogen functional groups attached to an aromatic ring is 1. The van der Waals surface area contributed by atoms with Gasteiger partial charge in [-0.2, -0.15) is 0 Å². The fourth-order valence-electron chi connectivity index (χ4n) is 2.21. The van der Waals surface area contributed by atoms with Gasteiger partial charge in [-0.1, -0.05) is 24.9 Å². The lowest BCUT2D eigenvalue weighted by atomic mass is 10.1. The average Bonchev–Trinajstić information content (AvgIpc) is 2.71. The maximum absolute atomic E-state index is 6.10. The summed E-state index contributed by atoms with van der Waals surface area (Å²) in [6, 6.07) is 3.57. The molecule has 1 atom stereocenters. The van der Waals surface area contributed by atoms with Crippen LogP contribution < -0.4 is 5.73 Å². The zero-order valence-electron chi connectivity index (χ0n) is 9.62. The summed E-state index contributed by atoms with van der Waals surface area (Å²) in [5, 5.41) is 0.717. The van der Waals surface area contributed by atoms with Gasteiger partial charge in [0, 0.05) is 13.1 Å². The van der Waals surface area contributed by atoms with Crippen molar-refractivity contribution in [3.05, 3.63) is 22.8 Å². The molecule has 0 bridgehead atoms. The number of likely N-dealkylation sites (tertiary alicyclic amines) is 1. The quantitative estimate of drug-likeness (QED) is 0.882. The third-order valence-corrected chi connectivity index (χ3v) is 3.60. The summed E-state index contributed by atoms with van der Waals surface area (Å²) in [4.78, 5) is 6.70. The van der Waals surface area contributed by atoms with Crippen LogP contribution in [0.15, 0.2) is 12.1 Å². The molecule has 2 heterocycles. The number of hydrogen-bond acceptors (Lipinski definition) is 3. The summed E-state index contributed by atoms with van der Waals surface area (Å²) < 4.78 is 0. The number of hydrogen-bond donors (Lipinski definition) is 1. The number of nitrogens with zero attached hydrogens (tertiary/aromatic N) is 2. The van der Waals surface area contributed by atoms with Crippen LogP contribution in [0.3, 0.4) is 0 Å². The van der Waals surface area contributed by atoms with Crippen molar-refractivity contribution in [1.82, 2.24) is 9.88 Å². The maximum atomic E-state index is 6.10. The van der Waals surface area contributed by atoms with Crippen molar-refractivity contribution in [2.75, 3.05) is 18.8 Å². The molecule has 0 aliphatic carbocycles. The van der Waals surface area contributed by atoms with Crippen LogP contribution in [0.1, 0.15) is 25.5 Å². The Balaban J connectivity index is 2.01. The van der Waals surface area contributed by atoms with E-state index in [4.69, 9.17) is 17.3 Å². The molecule has 0 saturated carbocycles. The Labute approximate surface area is 102 Å². The number of halogens is 1. The molecule has 0 radical (unpaired) electrons. The van der Waals surface area contributed by atoms with Crippen LogP contribution in [-0.4, -0.2) is 23.0 Å². The smallest absolute Gasteiger partial charge is 0.123 e. The normalized spacial score (nSPS) is 21.5. The second kappa shape index (κ2) is 5.02. The van der Waals surface area contributed by atoms with E-state index in [0.29, 0.717) is 10.8 Å². The summed E-state index contributed by atoms with van der Waals surface area (Å²) in [5.41, 5.74) is 6.57. The van der Waals surface area contributed by atoms with E-state index in [1.807, 2.05) is 6.07 Å². The first-order valence-electron chi connectivity index (χ1n) is 5.82. The minimum absolute atomic E-state index is 0.547. The Bertz CT molecular complexity index is 367. The molecule has 1 fully saturated rings. The van der Waals surface area contributed by atoms with Gasteiger partial charge in [0.15, 0.2) is 0 Å². The Kier molecular flexibility index (Phi) is 3.66. The van der Waals surface area contributed by atoms with E-state index in [0.717, 1.165) is 31.2 Å². The third-order valence-electron chi connectivity index (χ3n) is 3.26. The van der Waals surface area contributed by atoms with Gasteiger partial charge in [-0.3, -0.25) is 4.90 Å². The van der Waals surface area contributed by atoms with Crippen LogP contribution in [-0.2, 0) is 6.54 Å². The largest absolute Gasteiger partial charge is 0.384 e. The van der Waals surface area contributed by atoms with Crippen molar-refractivity contribution in [3.8, 4) is 0 Å². The monoisotopic (exact) mass is 239 g/mol. The van der Waals surface area contributed by atoms with Gasteiger partial charge in [-0.15, -0.1) is 0 Å². The molecule has 16 heavy (non-hydrogen) atoms. The van der Waals surface area contributed by atoms with E-state index in [9.17, 15) is 0 Å². The van der Waals surface area contributed by atoms with Gasteiger partial charge in [0.2, 0.25) is 0 Å². The fraction of sp³-hybridized carbons (Fsp3) is 0.583. The van der Waals surface area contributed by atoms with Crippen LogP contribution in [0, 0.1) is 5.92 Å². The van der Waals surface area contributed by atoms with Gasteiger partial charge in [0.1, 0.15) is 5.82 Å². The van der Waals surface area contributed by atoms with Crippen molar-refractivity contribution < 1.29 is 0 Å². The molecule has 0 aromatic carbocycles. The van der Waals surface area contributed by atoms with E-state index in [-0.39, 0.29) is 0 Å². The summed E-state index contributed by atoms with van der Waals surface area (Å²) >= 11 is 6.10. The summed E-state index contributed by atoms with van der Waals surface area (Å²) in [6.07, 6.45) is 2.55. The minimum Gasteiger partial charge on any atom is -0.384 e. The molecule has 1 unspecified atom stereocenters. The second-order valence-electron chi connectivity index (χ2n) is 4.46. The highest BCUT2D eigenvalue weighted by atomic mass is 35.5. The number of aromatic nitrogens is 1. The molecule has 1 aromatic heterocycles. The van der Waals surface area contributed by atoms with Crippen molar-refractivity contribution >= 4 is 17.4 Å². The molecule has 2 rings (SSSR count). The molecule has 1 aliphatic heterocycles. The maximum Gasteiger partial charge on any atom is 0.123 e. The Morgan fingerprint density at radius 3 is 3.06 bits per heavy atom. The topological polar surface area (TPSA) is 42.2 Å². The van der Waals surface area contributed by atoms with Crippen LogP contribution in [0.2, 0.25) is 5.02 Å². The minimum atomic E-state index is 0.547. The average molecular weight is 240 g/mol. The Morgan fingerprint density at radius 1 is 1.56 bits per heavy atom. The Hall–Kier alpha value is -0.800. The van der Waals surface area contributed by atoms with Gasteiger partial charge in [-0.25, -0.2) is 4.98 Å². The summed E-state index contributed by atoms with van der Waals surface area (Å²) in [7, 11) is 0. The number of nitrogens with two attached hydrogens (primary N) is 1. The zero-order chi connectivity index (χ0) is 11.5. The lowest BCUT2D eigenvalue weighted by molar-refractivity contribution is 0.311. The molecule has 1 aromatic rings. The van der Waals surface area contributed by atoms with E-state index in [1.54, 1.807) is 6.07 Å². The first-order valence-corrected chi connectivity index (χ1v) is 6.20. The highest BCUT2D eigenvalue weighted by molar-refractivity contribution is 6.31. The van der Waals surface area contributed by atoms with Crippen LogP contribution >= 0.6 is 11.6 Å². The van der Waals surface area contributed by atoms with E-state index in [1.165, 1.54) is 12.8 Å². The Morgan fingerprint density at radius 2 is 2.38 bits per heavy atom. The standard InChI is InChI=1S/C12H18ClN3/c1-2-9-5-6-16(7-9)8-11-10(13)3-4-12(14)15-11/h3-4,9H,2,5-8H2,1H3,(H2,14,15). The van der Waals surface area contributed by atoms with Gasteiger partial charge in [0.05, 0.1) is 10.7 Å². The zero-order valence-corrected chi connectivity index (χ0v) is 10.4. The SMILES string of the molecule is CCC1CCN(Cc2nc(N)ccc2Cl)C1. The fourth-order valence-corrected chi connectivity index (χ4v) is 2.38. The molecular formula is C12H18ClN3. The number of pyridine rings is 1.